The second kappa shape index (κ2) is 6.38. The number of benzene rings is 1. The topological polar surface area (TPSA) is 26.0 Å². The number of alkyl halides is 3. The first-order chi connectivity index (χ1) is 7.77. The van der Waals surface area contributed by atoms with E-state index in [2.05, 4.69) is 0 Å². The zero-order valence-corrected chi connectivity index (χ0v) is 10.9. The molecule has 18 heavy (non-hydrogen) atoms. The van der Waals surface area contributed by atoms with Crippen LogP contribution in [0.1, 0.15) is 37.4 Å². The van der Waals surface area contributed by atoms with Crippen LogP contribution in [0.2, 0.25) is 0 Å². The van der Waals surface area contributed by atoms with Crippen molar-refractivity contribution in [3.05, 3.63) is 35.1 Å². The average molecular weight is 286 g/mol. The number of hydrogen-bond donors (Lipinski definition) is 1. The first-order valence-corrected chi connectivity index (χ1v) is 5.39. The van der Waals surface area contributed by atoms with Crippen LogP contribution < -0.4 is 5.73 Å². The Kier molecular flexibility index (Phi) is 6.10. The first kappa shape index (κ1) is 17.2. The molecule has 104 valence electrons. The van der Waals surface area contributed by atoms with Crippen LogP contribution in [0.25, 0.3) is 0 Å². The largest absolute Gasteiger partial charge is 0.419 e. The molecule has 0 bridgehead atoms. The maximum absolute atomic E-state index is 13.1. The molecule has 0 saturated heterocycles. The minimum absolute atomic E-state index is 0. The number of rotatable bonds is 3. The lowest BCUT2D eigenvalue weighted by Crippen LogP contribution is -2.20. The third-order valence-electron chi connectivity index (χ3n) is 2.94. The highest BCUT2D eigenvalue weighted by Gasteiger charge is 2.34. The van der Waals surface area contributed by atoms with Crippen LogP contribution in [0.4, 0.5) is 17.6 Å². The lowest BCUT2D eigenvalue weighted by atomic mass is 9.92. The van der Waals surface area contributed by atoms with Gasteiger partial charge in [0.15, 0.2) is 0 Å². The fourth-order valence-electron chi connectivity index (χ4n) is 1.55. The number of nitrogens with two attached hydrogens (primary N) is 1. The van der Waals surface area contributed by atoms with E-state index in [1.54, 1.807) is 0 Å². The Labute approximate surface area is 110 Å². The highest BCUT2D eigenvalue weighted by atomic mass is 35.5. The summed E-state index contributed by atoms with van der Waals surface area (Å²) < 4.78 is 50.5. The smallest absolute Gasteiger partial charge is 0.324 e. The average Bonchev–Trinajstić information content (AvgIpc) is 2.26. The van der Waals surface area contributed by atoms with Gasteiger partial charge in [-0.25, -0.2) is 4.39 Å². The predicted octanol–water partition coefficient (Wildman–Crippen LogP) is 4.31. The molecular formula is C12H16ClF4N. The van der Waals surface area contributed by atoms with Crippen molar-refractivity contribution in [3.63, 3.8) is 0 Å². The Morgan fingerprint density at radius 1 is 1.28 bits per heavy atom. The SMILES string of the molecule is CCC(C)[C@H](N)c1ccc(F)c(C(F)(F)F)c1.Cl. The summed E-state index contributed by atoms with van der Waals surface area (Å²) in [7, 11) is 0. The quantitative estimate of drug-likeness (QED) is 0.823. The third-order valence-corrected chi connectivity index (χ3v) is 2.94. The molecule has 1 unspecified atom stereocenters. The molecule has 0 spiro atoms. The van der Waals surface area contributed by atoms with Crippen LogP contribution >= 0.6 is 12.4 Å². The van der Waals surface area contributed by atoms with Gasteiger partial charge >= 0.3 is 6.18 Å². The predicted molar refractivity (Wildman–Crippen MR) is 65.0 cm³/mol. The fraction of sp³-hybridized carbons (Fsp3) is 0.500. The van der Waals surface area contributed by atoms with Gasteiger partial charge in [-0.1, -0.05) is 26.3 Å². The molecule has 1 aromatic rings. The van der Waals surface area contributed by atoms with E-state index >= 15 is 0 Å². The van der Waals surface area contributed by atoms with Gasteiger partial charge in [0, 0.05) is 6.04 Å². The zero-order valence-electron chi connectivity index (χ0n) is 10.1. The van der Waals surface area contributed by atoms with Gasteiger partial charge in [-0.05, 0) is 23.6 Å². The molecule has 2 N–H and O–H groups in total. The van der Waals surface area contributed by atoms with E-state index < -0.39 is 23.6 Å². The molecule has 0 fully saturated rings. The molecule has 0 saturated carbocycles. The summed E-state index contributed by atoms with van der Waals surface area (Å²) in [6.45, 7) is 3.75. The van der Waals surface area contributed by atoms with Crippen molar-refractivity contribution in [3.8, 4) is 0 Å². The molecule has 1 rings (SSSR count). The van der Waals surface area contributed by atoms with Gasteiger partial charge in [0.05, 0.1) is 5.56 Å². The van der Waals surface area contributed by atoms with Crippen LogP contribution in [0, 0.1) is 11.7 Å². The summed E-state index contributed by atoms with van der Waals surface area (Å²) >= 11 is 0. The van der Waals surface area contributed by atoms with Crippen molar-refractivity contribution in [1.29, 1.82) is 0 Å². The van der Waals surface area contributed by atoms with Crippen LogP contribution in [0.5, 0.6) is 0 Å². The monoisotopic (exact) mass is 285 g/mol. The molecule has 0 heterocycles. The van der Waals surface area contributed by atoms with Gasteiger partial charge in [0.25, 0.3) is 0 Å². The normalized spacial score (nSPS) is 14.8. The second-order valence-electron chi connectivity index (χ2n) is 4.15. The van der Waals surface area contributed by atoms with Gasteiger partial charge in [0.2, 0.25) is 0 Å². The van der Waals surface area contributed by atoms with Crippen molar-refractivity contribution in [2.45, 2.75) is 32.5 Å². The van der Waals surface area contributed by atoms with E-state index in [1.807, 2.05) is 13.8 Å². The molecule has 0 aliphatic carbocycles. The Morgan fingerprint density at radius 2 is 1.83 bits per heavy atom. The molecule has 0 aromatic heterocycles. The van der Waals surface area contributed by atoms with E-state index in [-0.39, 0.29) is 18.3 Å². The van der Waals surface area contributed by atoms with Gasteiger partial charge in [-0.3, -0.25) is 0 Å². The van der Waals surface area contributed by atoms with Crippen LogP contribution in [-0.2, 0) is 6.18 Å². The van der Waals surface area contributed by atoms with Gasteiger partial charge in [0.1, 0.15) is 5.82 Å². The van der Waals surface area contributed by atoms with Gasteiger partial charge in [-0.2, -0.15) is 13.2 Å². The van der Waals surface area contributed by atoms with Crippen molar-refractivity contribution in [2.24, 2.45) is 11.7 Å². The first-order valence-electron chi connectivity index (χ1n) is 5.39. The number of hydrogen-bond acceptors (Lipinski definition) is 1. The van der Waals surface area contributed by atoms with E-state index in [0.717, 1.165) is 18.6 Å². The minimum atomic E-state index is -4.69. The van der Waals surface area contributed by atoms with E-state index in [0.29, 0.717) is 5.56 Å². The summed E-state index contributed by atoms with van der Waals surface area (Å²) in [5, 5.41) is 0. The maximum atomic E-state index is 13.1. The summed E-state index contributed by atoms with van der Waals surface area (Å²) in [5.41, 5.74) is 4.88. The summed E-state index contributed by atoms with van der Waals surface area (Å²) in [4.78, 5) is 0. The molecule has 0 aliphatic rings. The standard InChI is InChI=1S/C12H15F4N.ClH/c1-3-7(2)11(17)8-4-5-10(13)9(6-8)12(14,15)16;/h4-7,11H,3,17H2,1-2H3;1H/t7?,11-;/m0./s1. The summed E-state index contributed by atoms with van der Waals surface area (Å²) in [5.74, 6) is -1.22. The van der Waals surface area contributed by atoms with Crippen LogP contribution in [-0.4, -0.2) is 0 Å². The van der Waals surface area contributed by atoms with E-state index in [9.17, 15) is 17.6 Å². The van der Waals surface area contributed by atoms with Crippen molar-refractivity contribution in [2.75, 3.05) is 0 Å². The van der Waals surface area contributed by atoms with Crippen molar-refractivity contribution >= 4 is 12.4 Å². The molecule has 0 radical (unpaired) electrons. The van der Waals surface area contributed by atoms with Crippen LogP contribution in [0.3, 0.4) is 0 Å². The third kappa shape index (κ3) is 3.85. The minimum Gasteiger partial charge on any atom is -0.324 e. The lowest BCUT2D eigenvalue weighted by molar-refractivity contribution is -0.140. The molecule has 0 aliphatic heterocycles. The van der Waals surface area contributed by atoms with E-state index in [1.165, 1.54) is 6.07 Å². The molecular weight excluding hydrogens is 270 g/mol. The number of halogens is 5. The zero-order chi connectivity index (χ0) is 13.2. The van der Waals surface area contributed by atoms with Gasteiger partial charge in [-0.15, -0.1) is 12.4 Å². The Morgan fingerprint density at radius 3 is 2.28 bits per heavy atom. The van der Waals surface area contributed by atoms with Crippen molar-refractivity contribution < 1.29 is 17.6 Å². The Balaban J connectivity index is 0.00000289. The maximum Gasteiger partial charge on any atom is 0.419 e. The summed E-state index contributed by atoms with van der Waals surface area (Å²) in [6.07, 6.45) is -3.94. The van der Waals surface area contributed by atoms with Gasteiger partial charge < -0.3 is 5.73 Å². The molecule has 6 heteroatoms. The molecule has 0 amide bonds. The van der Waals surface area contributed by atoms with E-state index in [4.69, 9.17) is 5.73 Å². The Hall–Kier alpha value is -0.810. The molecule has 1 nitrogen and oxygen atoms in total. The highest BCUT2D eigenvalue weighted by molar-refractivity contribution is 5.85. The van der Waals surface area contributed by atoms with Crippen molar-refractivity contribution in [1.82, 2.24) is 0 Å². The Bertz CT molecular complexity index is 392. The van der Waals surface area contributed by atoms with Crippen LogP contribution in [0.15, 0.2) is 18.2 Å². The second-order valence-corrected chi connectivity index (χ2v) is 4.15. The lowest BCUT2D eigenvalue weighted by Gasteiger charge is -2.20. The fourth-order valence-corrected chi connectivity index (χ4v) is 1.55. The molecule has 1 aromatic carbocycles. The highest BCUT2D eigenvalue weighted by Crippen LogP contribution is 2.33. The summed E-state index contributed by atoms with van der Waals surface area (Å²) in [6, 6.07) is 2.41. The molecule has 2 atom stereocenters.